The molecule has 0 fully saturated rings. The lowest BCUT2D eigenvalue weighted by Crippen LogP contribution is -2.18. The van der Waals surface area contributed by atoms with E-state index in [1.54, 1.807) is 12.3 Å². The largest absolute Gasteiger partial charge is 0.349 e. The molecule has 0 aliphatic rings. The normalized spacial score (nSPS) is 11.6. The van der Waals surface area contributed by atoms with Crippen LogP contribution < -0.4 is 5.32 Å². The molecular weight excluding hydrogens is 274 g/mol. The van der Waals surface area contributed by atoms with E-state index in [0.717, 1.165) is 22.3 Å². The molecule has 4 heteroatoms. The number of nitrogens with one attached hydrogen (secondary N) is 2. The van der Waals surface area contributed by atoms with Crippen molar-refractivity contribution in [3.05, 3.63) is 59.9 Å². The Hall–Kier alpha value is -2.62. The van der Waals surface area contributed by atoms with Crippen LogP contribution in [-0.4, -0.2) is 15.9 Å². The number of hydrogen-bond acceptors (Lipinski definition) is 2. The number of amides is 1. The molecule has 0 bridgehead atoms. The molecule has 1 aromatic carbocycles. The fraction of sp³-hybridized carbons (Fsp3) is 0.222. The van der Waals surface area contributed by atoms with Gasteiger partial charge in [0.1, 0.15) is 5.69 Å². The van der Waals surface area contributed by atoms with E-state index in [-0.39, 0.29) is 11.3 Å². The van der Waals surface area contributed by atoms with E-state index >= 15 is 0 Å². The summed E-state index contributed by atoms with van der Waals surface area (Å²) in [5, 5.41) is 3.00. The number of H-pyrrole nitrogens is 1. The minimum absolute atomic E-state index is 0.0358. The van der Waals surface area contributed by atoms with Gasteiger partial charge in [-0.3, -0.25) is 9.78 Å². The van der Waals surface area contributed by atoms with Crippen LogP contribution in [0.3, 0.4) is 0 Å². The molecule has 0 atom stereocenters. The number of fused-ring (bicyclic) bond motifs is 1. The zero-order valence-corrected chi connectivity index (χ0v) is 13.0. The summed E-state index contributed by atoms with van der Waals surface area (Å²) in [7, 11) is 0. The molecule has 1 amide bonds. The summed E-state index contributed by atoms with van der Waals surface area (Å²) in [6.07, 6.45) is 1.72. The van der Waals surface area contributed by atoms with Crippen molar-refractivity contribution in [2.75, 3.05) is 5.32 Å². The number of benzene rings is 1. The van der Waals surface area contributed by atoms with Gasteiger partial charge in [-0.05, 0) is 35.2 Å². The quantitative estimate of drug-likeness (QED) is 0.747. The summed E-state index contributed by atoms with van der Waals surface area (Å²) < 4.78 is 0. The lowest BCUT2D eigenvalue weighted by molar-refractivity contribution is 0.102. The van der Waals surface area contributed by atoms with E-state index in [1.807, 2.05) is 36.4 Å². The fourth-order valence-corrected chi connectivity index (χ4v) is 2.51. The van der Waals surface area contributed by atoms with Gasteiger partial charge in [0.2, 0.25) is 0 Å². The number of carbonyl (C=O) groups excluding carboxylic acids is 1. The van der Waals surface area contributed by atoms with E-state index in [1.165, 1.54) is 0 Å². The summed E-state index contributed by atoms with van der Waals surface area (Å²) in [5.41, 5.74) is 4.07. The van der Waals surface area contributed by atoms with Gasteiger partial charge in [-0.1, -0.05) is 39.0 Å². The summed E-state index contributed by atoms with van der Waals surface area (Å²) >= 11 is 0. The van der Waals surface area contributed by atoms with Crippen LogP contribution in [0, 0.1) is 0 Å². The Kier molecular flexibility index (Phi) is 3.45. The molecule has 2 heterocycles. The lowest BCUT2D eigenvalue weighted by Gasteiger charge is -2.22. The van der Waals surface area contributed by atoms with Crippen LogP contribution in [0.2, 0.25) is 0 Å². The Morgan fingerprint density at radius 3 is 2.64 bits per heavy atom. The summed E-state index contributed by atoms with van der Waals surface area (Å²) in [5.74, 6) is -0.158. The topological polar surface area (TPSA) is 57.8 Å². The van der Waals surface area contributed by atoms with Gasteiger partial charge in [0.05, 0.1) is 11.0 Å². The predicted molar refractivity (Wildman–Crippen MR) is 89.2 cm³/mol. The third-order valence-electron chi connectivity index (χ3n) is 3.62. The highest BCUT2D eigenvalue weighted by Crippen LogP contribution is 2.29. The smallest absolute Gasteiger partial charge is 0.272 e. The van der Waals surface area contributed by atoms with Gasteiger partial charge < -0.3 is 10.3 Å². The van der Waals surface area contributed by atoms with Gasteiger partial charge >= 0.3 is 0 Å². The third kappa shape index (κ3) is 2.72. The minimum Gasteiger partial charge on any atom is -0.349 e. The molecule has 0 aliphatic carbocycles. The molecular formula is C18H19N3O. The van der Waals surface area contributed by atoms with E-state index in [0.29, 0.717) is 5.69 Å². The fourth-order valence-electron chi connectivity index (χ4n) is 2.51. The van der Waals surface area contributed by atoms with Crippen molar-refractivity contribution in [2.24, 2.45) is 0 Å². The molecule has 3 rings (SSSR count). The van der Waals surface area contributed by atoms with E-state index in [2.05, 4.69) is 36.1 Å². The average Bonchev–Trinajstić information content (AvgIpc) is 2.90. The first-order valence-corrected chi connectivity index (χ1v) is 7.30. The third-order valence-corrected chi connectivity index (χ3v) is 3.62. The van der Waals surface area contributed by atoms with Gasteiger partial charge in [-0.25, -0.2) is 0 Å². The first kappa shape index (κ1) is 14.3. The van der Waals surface area contributed by atoms with Crippen LogP contribution >= 0.6 is 0 Å². The highest BCUT2D eigenvalue weighted by molar-refractivity contribution is 6.05. The monoisotopic (exact) mass is 293 g/mol. The number of aromatic amines is 1. The Morgan fingerprint density at radius 1 is 1.14 bits per heavy atom. The van der Waals surface area contributed by atoms with Gasteiger partial charge in [0.25, 0.3) is 5.91 Å². The molecule has 4 nitrogen and oxygen atoms in total. The first-order chi connectivity index (χ1) is 10.4. The summed E-state index contributed by atoms with van der Waals surface area (Å²) in [4.78, 5) is 19.8. The molecule has 0 saturated heterocycles. The minimum atomic E-state index is -0.158. The van der Waals surface area contributed by atoms with Crippen molar-refractivity contribution in [1.82, 2.24) is 9.97 Å². The summed E-state index contributed by atoms with van der Waals surface area (Å²) in [6.45, 7) is 6.39. The Bertz CT molecular complexity index is 794. The molecule has 0 spiro atoms. The van der Waals surface area contributed by atoms with Crippen molar-refractivity contribution in [2.45, 2.75) is 26.2 Å². The zero-order chi connectivity index (χ0) is 15.7. The average molecular weight is 293 g/mol. The second kappa shape index (κ2) is 5.30. The van der Waals surface area contributed by atoms with Gasteiger partial charge in [0.15, 0.2) is 0 Å². The van der Waals surface area contributed by atoms with Crippen LogP contribution in [0.25, 0.3) is 11.0 Å². The van der Waals surface area contributed by atoms with E-state index in [9.17, 15) is 4.79 Å². The van der Waals surface area contributed by atoms with Crippen LogP contribution in [0.4, 0.5) is 5.69 Å². The van der Waals surface area contributed by atoms with Crippen molar-refractivity contribution in [3.8, 4) is 0 Å². The number of aromatic nitrogens is 2. The molecule has 22 heavy (non-hydrogen) atoms. The molecule has 0 saturated carbocycles. The molecule has 3 aromatic rings. The SMILES string of the molecule is CC(C)(C)c1ccccc1NC(=O)c1cc2ncccc2[nH]1. The van der Waals surface area contributed by atoms with E-state index < -0.39 is 0 Å². The maximum atomic E-state index is 12.5. The lowest BCUT2D eigenvalue weighted by atomic mass is 9.86. The molecule has 2 N–H and O–H groups in total. The predicted octanol–water partition coefficient (Wildman–Crippen LogP) is 4.11. The number of carbonyl (C=O) groups is 1. The maximum absolute atomic E-state index is 12.5. The standard InChI is InChI=1S/C18H19N3O/c1-18(2,3)12-7-4-5-8-13(12)21-17(22)16-11-15-14(20-16)9-6-10-19-15/h4-11,20H,1-3H3,(H,21,22). The highest BCUT2D eigenvalue weighted by atomic mass is 16.1. The second-order valence-electron chi connectivity index (χ2n) is 6.37. The first-order valence-electron chi connectivity index (χ1n) is 7.30. The van der Waals surface area contributed by atoms with Crippen molar-refractivity contribution < 1.29 is 4.79 Å². The second-order valence-corrected chi connectivity index (χ2v) is 6.37. The van der Waals surface area contributed by atoms with Crippen LogP contribution in [-0.2, 0) is 5.41 Å². The van der Waals surface area contributed by atoms with Crippen molar-refractivity contribution in [3.63, 3.8) is 0 Å². The molecule has 0 aliphatic heterocycles. The summed E-state index contributed by atoms with van der Waals surface area (Å²) in [6, 6.07) is 13.4. The van der Waals surface area contributed by atoms with Crippen molar-refractivity contribution >= 4 is 22.6 Å². The zero-order valence-electron chi connectivity index (χ0n) is 13.0. The van der Waals surface area contributed by atoms with E-state index in [4.69, 9.17) is 0 Å². The van der Waals surface area contributed by atoms with Gasteiger partial charge in [-0.2, -0.15) is 0 Å². The number of hydrogen-bond donors (Lipinski definition) is 2. The molecule has 0 unspecified atom stereocenters. The van der Waals surface area contributed by atoms with Crippen LogP contribution in [0.1, 0.15) is 36.8 Å². The Balaban J connectivity index is 1.92. The molecule has 0 radical (unpaired) electrons. The van der Waals surface area contributed by atoms with Gasteiger partial charge in [-0.15, -0.1) is 0 Å². The molecule has 2 aromatic heterocycles. The Labute approximate surface area is 129 Å². The van der Waals surface area contributed by atoms with Crippen molar-refractivity contribution in [1.29, 1.82) is 0 Å². The van der Waals surface area contributed by atoms with Crippen LogP contribution in [0.5, 0.6) is 0 Å². The number of anilines is 1. The van der Waals surface area contributed by atoms with Crippen LogP contribution in [0.15, 0.2) is 48.7 Å². The number of para-hydroxylation sites is 1. The molecule has 112 valence electrons. The highest BCUT2D eigenvalue weighted by Gasteiger charge is 2.19. The maximum Gasteiger partial charge on any atom is 0.272 e. The Morgan fingerprint density at radius 2 is 1.91 bits per heavy atom. The van der Waals surface area contributed by atoms with Gasteiger partial charge in [0, 0.05) is 11.9 Å². The number of rotatable bonds is 2. The number of nitrogens with zero attached hydrogens (tertiary/aromatic N) is 1. The number of pyridine rings is 1.